The lowest BCUT2D eigenvalue weighted by Crippen LogP contribution is -2.32. The van der Waals surface area contributed by atoms with Gasteiger partial charge in [0.2, 0.25) is 11.8 Å². The van der Waals surface area contributed by atoms with Crippen molar-refractivity contribution in [3.63, 3.8) is 0 Å². The maximum atomic E-state index is 11.9. The van der Waals surface area contributed by atoms with Crippen LogP contribution in [0.1, 0.15) is 19.5 Å². The van der Waals surface area contributed by atoms with E-state index in [2.05, 4.69) is 38.8 Å². The standard InChI is InChI=1S/C31H39N5O5S/c1-22-9-8-10-27(33-22)41-30-34-28(35-36(30)21-39-17-18-42(5,6)7)24-13-11-23(12-14-24)25-15-16-26(32-19-25)40-20-31(2,3)29(37)38-4/h8-16,19H,17-18,20-21H2,1-7H3. The molecule has 0 saturated carbocycles. The van der Waals surface area contributed by atoms with Crippen LogP contribution in [0.4, 0.5) is 0 Å². The molecule has 42 heavy (non-hydrogen) atoms. The Hall–Kier alpha value is -3.96. The summed E-state index contributed by atoms with van der Waals surface area (Å²) >= 11 is 0. The van der Waals surface area contributed by atoms with Crippen LogP contribution < -0.4 is 9.47 Å². The van der Waals surface area contributed by atoms with Gasteiger partial charge in [0.25, 0.3) is 0 Å². The Bertz CT molecular complexity index is 1480. The van der Waals surface area contributed by atoms with Crippen molar-refractivity contribution in [3.05, 3.63) is 66.5 Å². The average Bonchev–Trinajstić information content (AvgIpc) is 3.36. The topological polar surface area (TPSA) is 110 Å². The van der Waals surface area contributed by atoms with Gasteiger partial charge in [-0.25, -0.2) is 20.0 Å². The van der Waals surface area contributed by atoms with E-state index in [-0.39, 0.29) is 19.3 Å². The number of pyridine rings is 2. The molecule has 0 aliphatic rings. The minimum atomic E-state index is -0.771. The minimum Gasteiger partial charge on any atom is -0.476 e. The van der Waals surface area contributed by atoms with Crippen molar-refractivity contribution in [1.29, 1.82) is 0 Å². The van der Waals surface area contributed by atoms with Crippen molar-refractivity contribution in [2.24, 2.45) is 5.41 Å². The highest BCUT2D eigenvalue weighted by atomic mass is 32.3. The zero-order chi connectivity index (χ0) is 30.3. The predicted octanol–water partition coefficient (Wildman–Crippen LogP) is 5.75. The molecule has 4 aromatic rings. The first-order valence-electron chi connectivity index (χ1n) is 13.5. The van der Waals surface area contributed by atoms with Crippen LogP contribution in [0.25, 0.3) is 22.5 Å². The number of carbonyl (C=O) groups excluding carboxylic acids is 1. The second kappa shape index (κ2) is 13.3. The van der Waals surface area contributed by atoms with Crippen LogP contribution >= 0.6 is 10.0 Å². The van der Waals surface area contributed by atoms with E-state index in [0.29, 0.717) is 30.2 Å². The van der Waals surface area contributed by atoms with Crippen LogP contribution in [0.5, 0.6) is 17.8 Å². The molecule has 224 valence electrons. The number of aromatic nitrogens is 5. The first-order chi connectivity index (χ1) is 19.9. The quantitative estimate of drug-likeness (QED) is 0.141. The molecule has 4 rings (SSSR count). The minimum absolute atomic E-state index is 0.161. The van der Waals surface area contributed by atoms with Crippen molar-refractivity contribution in [1.82, 2.24) is 24.7 Å². The Morgan fingerprint density at radius 1 is 0.929 bits per heavy atom. The zero-order valence-electron chi connectivity index (χ0n) is 25.3. The monoisotopic (exact) mass is 593 g/mol. The SMILES string of the molecule is COC(=O)C(C)(C)COc1ccc(-c2ccc(-c3nc(Oc4cccc(C)n4)n(COCCS(C)(C)C)n3)cc2)cn1. The third-order valence-electron chi connectivity index (χ3n) is 6.28. The Labute approximate surface area is 248 Å². The summed E-state index contributed by atoms with van der Waals surface area (Å²) in [7, 11) is 0.703. The van der Waals surface area contributed by atoms with Gasteiger partial charge in [-0.1, -0.05) is 30.3 Å². The number of aryl methyl sites for hydroxylation is 1. The number of carbonyl (C=O) groups is 1. The van der Waals surface area contributed by atoms with Crippen LogP contribution in [0.3, 0.4) is 0 Å². The summed E-state index contributed by atoms with van der Waals surface area (Å²) in [5.74, 6) is 2.06. The summed E-state index contributed by atoms with van der Waals surface area (Å²) in [5.41, 5.74) is 2.80. The summed E-state index contributed by atoms with van der Waals surface area (Å²) in [5, 5.41) is 4.68. The molecule has 0 aliphatic heterocycles. The fraction of sp³-hybridized carbons (Fsp3) is 0.387. The van der Waals surface area contributed by atoms with E-state index >= 15 is 0 Å². The molecule has 0 atom stereocenters. The second-order valence-electron chi connectivity index (χ2n) is 11.4. The third kappa shape index (κ3) is 8.53. The number of rotatable bonds is 13. The van der Waals surface area contributed by atoms with Crippen LogP contribution in [0, 0.1) is 12.3 Å². The lowest BCUT2D eigenvalue weighted by molar-refractivity contribution is -0.152. The molecule has 0 N–H and O–H groups in total. The fourth-order valence-electron chi connectivity index (χ4n) is 3.78. The van der Waals surface area contributed by atoms with Gasteiger partial charge in [-0.3, -0.25) is 4.79 Å². The molecule has 0 spiro atoms. The van der Waals surface area contributed by atoms with E-state index in [0.717, 1.165) is 28.1 Å². The van der Waals surface area contributed by atoms with Gasteiger partial charge in [-0.15, -0.1) is 5.10 Å². The van der Waals surface area contributed by atoms with Crippen molar-refractivity contribution in [3.8, 4) is 40.3 Å². The molecule has 11 heteroatoms. The van der Waals surface area contributed by atoms with E-state index in [1.807, 2.05) is 49.4 Å². The number of hydrogen-bond donors (Lipinski definition) is 0. The van der Waals surface area contributed by atoms with Gasteiger partial charge < -0.3 is 18.9 Å². The van der Waals surface area contributed by atoms with Crippen molar-refractivity contribution in [2.75, 3.05) is 44.8 Å². The number of methoxy groups -OCH3 is 1. The Morgan fingerprint density at radius 2 is 1.64 bits per heavy atom. The van der Waals surface area contributed by atoms with E-state index in [9.17, 15) is 4.79 Å². The molecule has 0 fully saturated rings. The average molecular weight is 594 g/mol. The molecule has 0 aliphatic carbocycles. The van der Waals surface area contributed by atoms with E-state index in [1.54, 1.807) is 36.9 Å². The maximum absolute atomic E-state index is 11.9. The first kappa shape index (κ1) is 31.0. The number of hydrogen-bond acceptors (Lipinski definition) is 9. The molecule has 3 heterocycles. The van der Waals surface area contributed by atoms with Crippen LogP contribution in [0.15, 0.2) is 60.8 Å². The highest BCUT2D eigenvalue weighted by Crippen LogP contribution is 2.33. The highest BCUT2D eigenvalue weighted by molar-refractivity contribution is 8.32. The normalized spacial score (nSPS) is 12.2. The van der Waals surface area contributed by atoms with Gasteiger partial charge in [0.15, 0.2) is 5.82 Å². The maximum Gasteiger partial charge on any atom is 0.324 e. The van der Waals surface area contributed by atoms with Gasteiger partial charge in [-0.2, -0.15) is 9.67 Å². The summed E-state index contributed by atoms with van der Waals surface area (Å²) in [4.78, 5) is 25.4. The van der Waals surface area contributed by atoms with Gasteiger partial charge in [-0.05, 0) is 57.2 Å². The Morgan fingerprint density at radius 3 is 2.29 bits per heavy atom. The largest absolute Gasteiger partial charge is 0.476 e. The van der Waals surface area contributed by atoms with Gasteiger partial charge in [0, 0.05) is 40.9 Å². The second-order valence-corrected chi connectivity index (χ2v) is 16.0. The molecule has 0 unspecified atom stereocenters. The highest BCUT2D eigenvalue weighted by Gasteiger charge is 2.30. The molecule has 3 aromatic heterocycles. The molecule has 0 amide bonds. The summed E-state index contributed by atoms with van der Waals surface area (Å²) in [6.45, 7) is 6.45. The molecule has 0 radical (unpaired) electrons. The zero-order valence-corrected chi connectivity index (χ0v) is 26.1. The van der Waals surface area contributed by atoms with Crippen LogP contribution in [-0.2, 0) is 21.0 Å². The van der Waals surface area contributed by atoms with E-state index in [4.69, 9.17) is 18.9 Å². The van der Waals surface area contributed by atoms with Crippen molar-refractivity contribution in [2.45, 2.75) is 27.5 Å². The van der Waals surface area contributed by atoms with E-state index in [1.165, 1.54) is 7.11 Å². The molecule has 0 bridgehead atoms. The summed E-state index contributed by atoms with van der Waals surface area (Å²) in [6, 6.07) is 17.5. The van der Waals surface area contributed by atoms with Gasteiger partial charge in [0.05, 0.1) is 19.1 Å². The summed E-state index contributed by atoms with van der Waals surface area (Å²) < 4.78 is 24.1. The van der Waals surface area contributed by atoms with Crippen molar-refractivity contribution >= 4 is 16.0 Å². The predicted molar refractivity (Wildman–Crippen MR) is 165 cm³/mol. The molecular weight excluding hydrogens is 554 g/mol. The number of ether oxygens (including phenoxy) is 4. The van der Waals surface area contributed by atoms with Gasteiger partial charge >= 0.3 is 12.0 Å². The first-order valence-corrected chi connectivity index (χ1v) is 16.5. The van der Waals surface area contributed by atoms with Crippen LogP contribution in [-0.4, -0.2) is 75.5 Å². The fourth-order valence-corrected chi connectivity index (χ4v) is 4.39. The summed E-state index contributed by atoms with van der Waals surface area (Å²) in [6.07, 6.45) is 8.52. The molecule has 10 nitrogen and oxygen atoms in total. The Balaban J connectivity index is 1.47. The number of nitrogens with zero attached hydrogens (tertiary/aromatic N) is 5. The molecular formula is C31H39N5O5S. The number of esters is 1. The molecule has 1 aromatic carbocycles. The smallest absolute Gasteiger partial charge is 0.324 e. The lowest BCUT2D eigenvalue weighted by atomic mass is 9.95. The van der Waals surface area contributed by atoms with E-state index < -0.39 is 15.4 Å². The number of benzene rings is 1. The molecule has 0 saturated heterocycles. The van der Waals surface area contributed by atoms with Crippen molar-refractivity contribution < 1.29 is 23.7 Å². The lowest BCUT2D eigenvalue weighted by Gasteiger charge is -2.24. The Kier molecular flexibility index (Phi) is 9.85. The van der Waals surface area contributed by atoms with Gasteiger partial charge in [0.1, 0.15) is 13.3 Å². The van der Waals surface area contributed by atoms with Crippen LogP contribution in [0.2, 0.25) is 0 Å². The third-order valence-corrected chi connectivity index (χ3v) is 7.67.